The number of amides is 1. The summed E-state index contributed by atoms with van der Waals surface area (Å²) in [5, 5.41) is 3.82. The molecular formula is C21H19ClN4O. The van der Waals surface area contributed by atoms with Gasteiger partial charge in [-0.2, -0.15) is 0 Å². The number of aromatic nitrogens is 2. The van der Waals surface area contributed by atoms with Crippen LogP contribution in [0.2, 0.25) is 5.02 Å². The second-order valence-corrected chi connectivity index (χ2v) is 7.11. The molecule has 1 unspecified atom stereocenters. The molecule has 0 bridgehead atoms. The van der Waals surface area contributed by atoms with E-state index in [9.17, 15) is 4.79 Å². The first-order chi connectivity index (χ1) is 13.0. The third kappa shape index (κ3) is 3.51. The molecule has 4 rings (SSSR count). The zero-order chi connectivity index (χ0) is 19.0. The molecule has 1 aliphatic rings. The molecule has 0 saturated heterocycles. The molecule has 1 N–H and O–H groups in total. The minimum absolute atomic E-state index is 0.0921. The highest BCUT2D eigenvalue weighted by Crippen LogP contribution is 2.33. The molecule has 2 heterocycles. The predicted octanol–water partition coefficient (Wildman–Crippen LogP) is 4.77. The van der Waals surface area contributed by atoms with E-state index in [1.165, 1.54) is 5.56 Å². The van der Waals surface area contributed by atoms with Gasteiger partial charge in [-0.15, -0.1) is 0 Å². The van der Waals surface area contributed by atoms with Crippen LogP contribution in [0.1, 0.15) is 28.8 Å². The van der Waals surface area contributed by atoms with Crippen LogP contribution in [0.3, 0.4) is 0 Å². The number of aryl methyl sites for hydroxylation is 1. The van der Waals surface area contributed by atoms with Gasteiger partial charge in [-0.1, -0.05) is 35.9 Å². The summed E-state index contributed by atoms with van der Waals surface area (Å²) in [4.78, 5) is 23.8. The quantitative estimate of drug-likeness (QED) is 0.713. The number of nitrogens with zero attached hydrogens (tertiary/aromatic N) is 3. The van der Waals surface area contributed by atoms with Gasteiger partial charge in [0.2, 0.25) is 0 Å². The first-order valence-electron chi connectivity index (χ1n) is 8.81. The van der Waals surface area contributed by atoms with Crippen LogP contribution in [0.4, 0.5) is 17.2 Å². The second kappa shape index (κ2) is 7.00. The third-order valence-electron chi connectivity index (χ3n) is 4.58. The third-order valence-corrected chi connectivity index (χ3v) is 4.82. The highest BCUT2D eigenvalue weighted by atomic mass is 35.5. The maximum Gasteiger partial charge on any atom is 0.277 e. The molecule has 0 radical (unpaired) electrons. The Morgan fingerprint density at radius 1 is 1.15 bits per heavy atom. The van der Waals surface area contributed by atoms with Gasteiger partial charge >= 0.3 is 0 Å². The molecule has 1 amide bonds. The van der Waals surface area contributed by atoms with Crippen LogP contribution < -0.4 is 10.2 Å². The lowest BCUT2D eigenvalue weighted by atomic mass is 10.1. The van der Waals surface area contributed by atoms with Crippen molar-refractivity contribution in [2.45, 2.75) is 26.3 Å². The number of fused-ring (bicyclic) bond motifs is 1. The van der Waals surface area contributed by atoms with Crippen molar-refractivity contribution < 1.29 is 4.79 Å². The number of carbonyl (C=O) groups excluding carboxylic acids is 1. The van der Waals surface area contributed by atoms with Crippen LogP contribution in [-0.4, -0.2) is 21.9 Å². The summed E-state index contributed by atoms with van der Waals surface area (Å²) in [6, 6.07) is 17.1. The topological polar surface area (TPSA) is 58.1 Å². The Morgan fingerprint density at radius 3 is 2.78 bits per heavy atom. The molecule has 0 spiro atoms. The summed E-state index contributed by atoms with van der Waals surface area (Å²) >= 11 is 6.04. The summed E-state index contributed by atoms with van der Waals surface area (Å²) in [6.07, 6.45) is 0.847. The number of carbonyl (C=O) groups is 1. The summed E-state index contributed by atoms with van der Waals surface area (Å²) in [5.74, 6) is 0.978. The van der Waals surface area contributed by atoms with E-state index in [1.807, 2.05) is 35.2 Å². The summed E-state index contributed by atoms with van der Waals surface area (Å²) in [6.45, 7) is 3.83. The van der Waals surface area contributed by atoms with Crippen LogP contribution >= 0.6 is 11.6 Å². The number of para-hydroxylation sites is 1. The Morgan fingerprint density at radius 2 is 1.96 bits per heavy atom. The van der Waals surface area contributed by atoms with Gasteiger partial charge in [0.15, 0.2) is 0 Å². The molecule has 6 heteroatoms. The van der Waals surface area contributed by atoms with Gasteiger partial charge in [0, 0.05) is 28.5 Å². The van der Waals surface area contributed by atoms with Crippen molar-refractivity contribution in [2.24, 2.45) is 0 Å². The van der Waals surface area contributed by atoms with Gasteiger partial charge in [0.25, 0.3) is 5.91 Å². The SMILES string of the molecule is Cc1nc(Nc2cccc(Cl)c2)cc(C(=O)N2c3ccccc3CC2C)n1. The maximum atomic E-state index is 13.2. The van der Waals surface area contributed by atoms with Crippen LogP contribution in [0, 0.1) is 6.92 Å². The predicted molar refractivity (Wildman–Crippen MR) is 108 cm³/mol. The van der Waals surface area contributed by atoms with Crippen molar-refractivity contribution >= 4 is 34.7 Å². The molecule has 3 aromatic rings. The van der Waals surface area contributed by atoms with E-state index in [-0.39, 0.29) is 11.9 Å². The average Bonchev–Trinajstić information content (AvgIpc) is 2.96. The molecule has 136 valence electrons. The largest absolute Gasteiger partial charge is 0.340 e. The minimum atomic E-state index is -0.118. The monoisotopic (exact) mass is 378 g/mol. The van der Waals surface area contributed by atoms with Gasteiger partial charge in [-0.3, -0.25) is 4.79 Å². The molecule has 2 aromatic carbocycles. The summed E-state index contributed by atoms with van der Waals surface area (Å²) < 4.78 is 0. The van der Waals surface area contributed by atoms with Crippen LogP contribution in [0.15, 0.2) is 54.6 Å². The first-order valence-corrected chi connectivity index (χ1v) is 9.19. The van der Waals surface area contributed by atoms with Crippen LogP contribution in [0.25, 0.3) is 0 Å². The van der Waals surface area contributed by atoms with E-state index in [4.69, 9.17) is 11.6 Å². The molecule has 1 aliphatic heterocycles. The van der Waals surface area contributed by atoms with Crippen LogP contribution in [0.5, 0.6) is 0 Å². The zero-order valence-corrected chi connectivity index (χ0v) is 15.9. The molecule has 1 atom stereocenters. The molecule has 27 heavy (non-hydrogen) atoms. The van der Waals surface area contributed by atoms with E-state index in [0.29, 0.717) is 22.4 Å². The van der Waals surface area contributed by atoms with E-state index < -0.39 is 0 Å². The average molecular weight is 379 g/mol. The fourth-order valence-electron chi connectivity index (χ4n) is 3.45. The van der Waals surface area contributed by atoms with Crippen molar-refractivity contribution in [3.05, 3.63) is 76.7 Å². The van der Waals surface area contributed by atoms with Gasteiger partial charge in [-0.05, 0) is 50.1 Å². The number of benzene rings is 2. The van der Waals surface area contributed by atoms with Crippen molar-refractivity contribution in [1.29, 1.82) is 0 Å². The highest BCUT2D eigenvalue weighted by Gasteiger charge is 2.32. The zero-order valence-electron chi connectivity index (χ0n) is 15.1. The fourth-order valence-corrected chi connectivity index (χ4v) is 3.64. The molecular weight excluding hydrogens is 360 g/mol. The van der Waals surface area contributed by atoms with Gasteiger partial charge in [0.05, 0.1) is 0 Å². The highest BCUT2D eigenvalue weighted by molar-refractivity contribution is 6.30. The van der Waals surface area contributed by atoms with Gasteiger partial charge in [-0.25, -0.2) is 9.97 Å². The first kappa shape index (κ1) is 17.5. The second-order valence-electron chi connectivity index (χ2n) is 6.68. The van der Waals surface area contributed by atoms with E-state index in [1.54, 1.807) is 25.1 Å². The van der Waals surface area contributed by atoms with Gasteiger partial charge in [0.1, 0.15) is 17.3 Å². The molecule has 0 aliphatic carbocycles. The standard InChI is InChI=1S/C21H19ClN4O/c1-13-10-15-6-3-4-9-19(15)26(13)21(27)18-12-20(24-14(2)23-18)25-17-8-5-7-16(22)11-17/h3-9,11-13H,10H2,1-2H3,(H,23,24,25). The number of halogens is 1. The summed E-state index contributed by atoms with van der Waals surface area (Å²) in [7, 11) is 0. The lowest BCUT2D eigenvalue weighted by molar-refractivity contribution is 0.0976. The van der Waals surface area contributed by atoms with Crippen molar-refractivity contribution in [3.63, 3.8) is 0 Å². The fraction of sp³-hybridized carbons (Fsp3) is 0.190. The van der Waals surface area contributed by atoms with Crippen LogP contribution in [-0.2, 0) is 6.42 Å². The maximum absolute atomic E-state index is 13.2. The summed E-state index contributed by atoms with van der Waals surface area (Å²) in [5.41, 5.74) is 3.31. The Hall–Kier alpha value is -2.92. The molecule has 5 nitrogen and oxygen atoms in total. The van der Waals surface area contributed by atoms with Crippen molar-refractivity contribution in [1.82, 2.24) is 9.97 Å². The number of anilines is 3. The minimum Gasteiger partial charge on any atom is -0.340 e. The number of rotatable bonds is 3. The van der Waals surface area contributed by atoms with E-state index in [2.05, 4.69) is 28.3 Å². The van der Waals surface area contributed by atoms with E-state index >= 15 is 0 Å². The number of hydrogen-bond donors (Lipinski definition) is 1. The molecule has 0 fully saturated rings. The van der Waals surface area contributed by atoms with Crippen molar-refractivity contribution in [3.8, 4) is 0 Å². The lowest BCUT2D eigenvalue weighted by Gasteiger charge is -2.22. The Labute approximate surface area is 163 Å². The molecule has 0 saturated carbocycles. The Bertz CT molecular complexity index is 1020. The van der Waals surface area contributed by atoms with Gasteiger partial charge < -0.3 is 10.2 Å². The molecule has 1 aromatic heterocycles. The number of hydrogen-bond acceptors (Lipinski definition) is 4. The normalized spacial score (nSPS) is 15.5. The Balaban J connectivity index is 1.66. The smallest absolute Gasteiger partial charge is 0.277 e. The Kier molecular flexibility index (Phi) is 4.54. The number of nitrogens with one attached hydrogen (secondary N) is 1. The van der Waals surface area contributed by atoms with Crippen molar-refractivity contribution in [2.75, 3.05) is 10.2 Å². The lowest BCUT2D eigenvalue weighted by Crippen LogP contribution is -2.36. The van der Waals surface area contributed by atoms with E-state index in [0.717, 1.165) is 17.8 Å².